The van der Waals surface area contributed by atoms with Crippen LogP contribution in [0.2, 0.25) is 0 Å². The highest BCUT2D eigenvalue weighted by Crippen LogP contribution is 2.32. The molecule has 0 aliphatic heterocycles. The Labute approximate surface area is 197 Å². The molecule has 32 heavy (non-hydrogen) atoms. The van der Waals surface area contributed by atoms with Crippen LogP contribution in [0.1, 0.15) is 38.7 Å². The lowest BCUT2D eigenvalue weighted by Crippen LogP contribution is -2.17. The van der Waals surface area contributed by atoms with Crippen molar-refractivity contribution >= 4 is 35.1 Å². The molecule has 0 fully saturated rings. The molecule has 0 saturated carbocycles. The first-order valence-corrected chi connectivity index (χ1v) is 12.5. The topological polar surface area (TPSA) is 78.3 Å². The predicted molar refractivity (Wildman–Crippen MR) is 130 cm³/mol. The number of nitrogens with zero attached hydrogens (tertiary/aromatic N) is 3. The number of para-hydroxylation sites is 3. The molecule has 7 nitrogen and oxygen atoms in total. The predicted octanol–water partition coefficient (Wildman–Crippen LogP) is 5.46. The number of carbonyl (C=O) groups excluding carboxylic acids is 1. The fraction of sp³-hybridized carbons (Fsp3) is 0.348. The molecular formula is C23H28N4O3S2. The van der Waals surface area contributed by atoms with Gasteiger partial charge < -0.3 is 19.4 Å². The molecule has 1 atom stereocenters. The number of anilines is 1. The van der Waals surface area contributed by atoms with Gasteiger partial charge in [0.05, 0.1) is 18.6 Å². The van der Waals surface area contributed by atoms with Crippen LogP contribution in [-0.2, 0) is 4.79 Å². The Balaban J connectivity index is 1.71. The third-order valence-electron chi connectivity index (χ3n) is 4.66. The zero-order chi connectivity index (χ0) is 23.1. The van der Waals surface area contributed by atoms with Crippen LogP contribution in [0.4, 0.5) is 5.69 Å². The maximum atomic E-state index is 12.6. The molecule has 0 aliphatic rings. The number of ether oxygens (including phenoxy) is 2. The first kappa shape index (κ1) is 24.0. The van der Waals surface area contributed by atoms with E-state index in [-0.39, 0.29) is 23.8 Å². The summed E-state index contributed by atoms with van der Waals surface area (Å²) in [4.78, 5) is 13.6. The molecule has 1 heterocycles. The molecule has 2 aromatic carbocycles. The standard InChI is InChI=1S/C23H28N4O3S2/c1-15(2)27-22(16(3)30-19-12-8-7-11-18(19)29-4)25-26-23(27)32-14-21(28)24-17-10-6-9-13-20(17)31-5/h6-13,15-16H,14H2,1-5H3,(H,24,28). The normalized spacial score (nSPS) is 11.9. The van der Waals surface area contributed by atoms with E-state index in [4.69, 9.17) is 9.47 Å². The number of hydrogen-bond acceptors (Lipinski definition) is 7. The van der Waals surface area contributed by atoms with E-state index in [0.29, 0.717) is 22.5 Å². The minimum absolute atomic E-state index is 0.0883. The molecule has 3 aromatic rings. The third kappa shape index (κ3) is 5.77. The van der Waals surface area contributed by atoms with Gasteiger partial charge in [-0.05, 0) is 51.3 Å². The average Bonchev–Trinajstić information content (AvgIpc) is 3.23. The molecule has 0 radical (unpaired) electrons. The second-order valence-corrected chi connectivity index (χ2v) is 9.04. The maximum absolute atomic E-state index is 12.6. The van der Waals surface area contributed by atoms with Crippen LogP contribution < -0.4 is 14.8 Å². The number of rotatable bonds is 10. The summed E-state index contributed by atoms with van der Waals surface area (Å²) in [5.41, 5.74) is 0.815. The number of amides is 1. The molecule has 0 saturated heterocycles. The number of nitrogens with one attached hydrogen (secondary N) is 1. The van der Waals surface area contributed by atoms with Crippen molar-refractivity contribution in [3.63, 3.8) is 0 Å². The molecule has 1 aromatic heterocycles. The number of hydrogen-bond donors (Lipinski definition) is 1. The smallest absolute Gasteiger partial charge is 0.234 e. The van der Waals surface area contributed by atoms with Gasteiger partial charge in [0, 0.05) is 10.9 Å². The van der Waals surface area contributed by atoms with Crippen LogP contribution in [0.3, 0.4) is 0 Å². The van der Waals surface area contributed by atoms with Gasteiger partial charge >= 0.3 is 0 Å². The third-order valence-corrected chi connectivity index (χ3v) is 6.40. The highest BCUT2D eigenvalue weighted by Gasteiger charge is 2.23. The van der Waals surface area contributed by atoms with Gasteiger partial charge in [-0.1, -0.05) is 36.0 Å². The SMILES string of the molecule is COc1ccccc1OC(C)c1nnc(SCC(=O)Nc2ccccc2SC)n1C(C)C. The van der Waals surface area contributed by atoms with Gasteiger partial charge in [0.1, 0.15) is 0 Å². The molecule has 170 valence electrons. The molecule has 0 spiro atoms. The van der Waals surface area contributed by atoms with Gasteiger partial charge in [0.25, 0.3) is 0 Å². The van der Waals surface area contributed by atoms with E-state index >= 15 is 0 Å². The van der Waals surface area contributed by atoms with Crippen LogP contribution in [0.5, 0.6) is 11.5 Å². The van der Waals surface area contributed by atoms with E-state index in [1.54, 1.807) is 18.9 Å². The zero-order valence-corrected chi connectivity index (χ0v) is 20.5. The molecule has 9 heteroatoms. The molecule has 1 amide bonds. The van der Waals surface area contributed by atoms with E-state index < -0.39 is 0 Å². The molecule has 0 aliphatic carbocycles. The Hall–Kier alpha value is -2.65. The van der Waals surface area contributed by atoms with Crippen LogP contribution >= 0.6 is 23.5 Å². The molecule has 1 N–H and O–H groups in total. The maximum Gasteiger partial charge on any atom is 0.234 e. The summed E-state index contributed by atoms with van der Waals surface area (Å²) in [6.07, 6.45) is 1.64. The first-order chi connectivity index (χ1) is 15.4. The summed E-state index contributed by atoms with van der Waals surface area (Å²) >= 11 is 2.96. The molecular weight excluding hydrogens is 444 g/mol. The quantitative estimate of drug-likeness (QED) is 0.393. The summed E-state index contributed by atoms with van der Waals surface area (Å²) in [6, 6.07) is 15.4. The summed E-state index contributed by atoms with van der Waals surface area (Å²) < 4.78 is 13.5. The monoisotopic (exact) mass is 472 g/mol. The van der Waals surface area contributed by atoms with E-state index in [2.05, 4.69) is 29.4 Å². The van der Waals surface area contributed by atoms with Gasteiger partial charge in [-0.25, -0.2) is 0 Å². The number of carbonyl (C=O) groups is 1. The van der Waals surface area contributed by atoms with Crippen molar-refractivity contribution in [2.24, 2.45) is 0 Å². The van der Waals surface area contributed by atoms with Crippen molar-refractivity contribution < 1.29 is 14.3 Å². The summed E-state index contributed by atoms with van der Waals surface area (Å²) in [5.74, 6) is 2.14. The second kappa shape index (κ2) is 11.3. The minimum atomic E-state index is -0.349. The van der Waals surface area contributed by atoms with Crippen molar-refractivity contribution in [1.29, 1.82) is 0 Å². The summed E-state index contributed by atoms with van der Waals surface area (Å²) in [7, 11) is 1.61. The lowest BCUT2D eigenvalue weighted by atomic mass is 10.3. The highest BCUT2D eigenvalue weighted by molar-refractivity contribution is 7.99. The Morgan fingerprint density at radius 3 is 2.44 bits per heavy atom. The van der Waals surface area contributed by atoms with Crippen molar-refractivity contribution in [2.75, 3.05) is 24.4 Å². The average molecular weight is 473 g/mol. The summed E-state index contributed by atoms with van der Waals surface area (Å²) in [5, 5.41) is 12.4. The number of aromatic nitrogens is 3. The molecule has 0 bridgehead atoms. The molecule has 1 unspecified atom stereocenters. The van der Waals surface area contributed by atoms with Gasteiger partial charge in [-0.15, -0.1) is 22.0 Å². The Morgan fingerprint density at radius 1 is 1.06 bits per heavy atom. The highest BCUT2D eigenvalue weighted by atomic mass is 32.2. The number of benzene rings is 2. The Morgan fingerprint density at radius 2 is 1.75 bits per heavy atom. The molecule has 3 rings (SSSR count). The van der Waals surface area contributed by atoms with Crippen molar-refractivity contribution in [3.8, 4) is 11.5 Å². The number of methoxy groups -OCH3 is 1. The van der Waals surface area contributed by atoms with E-state index in [1.807, 2.05) is 66.3 Å². The zero-order valence-electron chi connectivity index (χ0n) is 18.9. The lowest BCUT2D eigenvalue weighted by Gasteiger charge is -2.19. The van der Waals surface area contributed by atoms with Crippen LogP contribution in [-0.4, -0.2) is 39.8 Å². The van der Waals surface area contributed by atoms with Gasteiger partial charge in [0.15, 0.2) is 28.6 Å². The van der Waals surface area contributed by atoms with E-state index in [1.165, 1.54) is 11.8 Å². The second-order valence-electron chi connectivity index (χ2n) is 7.25. The van der Waals surface area contributed by atoms with Gasteiger partial charge in [-0.2, -0.15) is 0 Å². The Bertz CT molecular complexity index is 1060. The largest absolute Gasteiger partial charge is 0.493 e. The van der Waals surface area contributed by atoms with Gasteiger partial charge in [-0.3, -0.25) is 4.79 Å². The minimum Gasteiger partial charge on any atom is -0.493 e. The van der Waals surface area contributed by atoms with E-state index in [0.717, 1.165) is 10.6 Å². The van der Waals surface area contributed by atoms with Crippen molar-refractivity contribution in [1.82, 2.24) is 14.8 Å². The van der Waals surface area contributed by atoms with Crippen LogP contribution in [0.25, 0.3) is 0 Å². The Kier molecular flexibility index (Phi) is 8.46. The van der Waals surface area contributed by atoms with Crippen LogP contribution in [0.15, 0.2) is 58.6 Å². The lowest BCUT2D eigenvalue weighted by molar-refractivity contribution is -0.113. The fourth-order valence-electron chi connectivity index (χ4n) is 3.17. The first-order valence-electron chi connectivity index (χ1n) is 10.2. The van der Waals surface area contributed by atoms with Crippen molar-refractivity contribution in [2.45, 2.75) is 43.0 Å². The number of thioether (sulfide) groups is 2. The summed E-state index contributed by atoms with van der Waals surface area (Å²) in [6.45, 7) is 6.04. The van der Waals surface area contributed by atoms with Crippen LogP contribution in [0, 0.1) is 0 Å². The van der Waals surface area contributed by atoms with E-state index in [9.17, 15) is 4.79 Å². The fourth-order valence-corrected chi connectivity index (χ4v) is 4.60. The van der Waals surface area contributed by atoms with Gasteiger partial charge in [0.2, 0.25) is 5.91 Å². The van der Waals surface area contributed by atoms with Crippen molar-refractivity contribution in [3.05, 3.63) is 54.4 Å².